The van der Waals surface area contributed by atoms with Crippen LogP contribution >= 0.6 is 0 Å². The standard InChI is InChI=1S/C18H19N3O/c1-12-19-9-10-21(12)11-13-7-8-16-17(18(13)22)14-5-3-4-6-15(14)20(16)2/h3-6,9-10,13H,7-8,11H2,1-2H3/i2D3,9D,10D. The molecule has 1 aliphatic carbocycles. The van der Waals surface area contributed by atoms with Crippen LogP contribution in [-0.2, 0) is 19.9 Å². The number of carbonyl (C=O) groups is 1. The van der Waals surface area contributed by atoms with E-state index in [2.05, 4.69) is 4.98 Å². The summed E-state index contributed by atoms with van der Waals surface area (Å²) in [4.78, 5) is 17.3. The fourth-order valence-electron chi connectivity index (χ4n) is 3.33. The summed E-state index contributed by atoms with van der Waals surface area (Å²) in [6.07, 6.45) is 0.877. The van der Waals surface area contributed by atoms with Crippen LogP contribution in [0.2, 0.25) is 0 Å². The predicted molar refractivity (Wildman–Crippen MR) is 86.0 cm³/mol. The van der Waals surface area contributed by atoms with E-state index < -0.39 is 6.98 Å². The molecule has 0 saturated carbocycles. The molecule has 0 saturated heterocycles. The van der Waals surface area contributed by atoms with E-state index in [1.165, 1.54) is 4.57 Å². The van der Waals surface area contributed by atoms with E-state index in [4.69, 9.17) is 6.85 Å². The molecule has 4 nitrogen and oxygen atoms in total. The summed E-state index contributed by atoms with van der Waals surface area (Å²) in [5.74, 6) is 0.0627. The Morgan fingerprint density at radius 2 is 2.32 bits per heavy atom. The molecule has 0 radical (unpaired) electrons. The van der Waals surface area contributed by atoms with Crippen molar-refractivity contribution in [3.8, 4) is 0 Å². The van der Waals surface area contributed by atoms with E-state index in [1.54, 1.807) is 35.8 Å². The van der Waals surface area contributed by atoms with Gasteiger partial charge in [0.2, 0.25) is 0 Å². The number of nitrogens with zero attached hydrogens (tertiary/aromatic N) is 3. The first-order chi connectivity index (χ1) is 12.7. The second kappa shape index (κ2) is 4.83. The number of imidazole rings is 1. The van der Waals surface area contributed by atoms with Gasteiger partial charge in [-0.2, -0.15) is 0 Å². The Hall–Kier alpha value is -2.36. The molecule has 0 spiro atoms. The molecule has 0 N–H and O–H groups in total. The third-order valence-electron chi connectivity index (χ3n) is 4.52. The van der Waals surface area contributed by atoms with Gasteiger partial charge in [0, 0.05) is 58.1 Å². The number of carbonyl (C=O) groups excluding carboxylic acids is 1. The average Bonchev–Trinajstić information content (AvgIpc) is 3.06. The fraction of sp³-hybridized carbons (Fsp3) is 0.333. The van der Waals surface area contributed by atoms with E-state index in [9.17, 15) is 4.79 Å². The topological polar surface area (TPSA) is 39.8 Å². The fourth-order valence-corrected chi connectivity index (χ4v) is 3.33. The summed E-state index contributed by atoms with van der Waals surface area (Å²) in [6.45, 7) is -0.354. The first kappa shape index (κ1) is 8.93. The number of aromatic nitrogens is 3. The highest BCUT2D eigenvalue weighted by Gasteiger charge is 2.32. The summed E-state index contributed by atoms with van der Waals surface area (Å²) in [5, 5.41) is 0.660. The molecule has 0 fully saturated rings. The second-order valence-electron chi connectivity index (χ2n) is 5.77. The number of fused-ring (bicyclic) bond motifs is 3. The quantitative estimate of drug-likeness (QED) is 0.729. The molecule has 2 aromatic heterocycles. The van der Waals surface area contributed by atoms with Gasteiger partial charge in [-0.05, 0) is 25.8 Å². The Labute approximate surface area is 136 Å². The molecule has 2 heterocycles. The van der Waals surface area contributed by atoms with Crippen LogP contribution < -0.4 is 0 Å². The molecule has 112 valence electrons. The monoisotopic (exact) mass is 298 g/mol. The van der Waals surface area contributed by atoms with Crippen LogP contribution in [0.25, 0.3) is 10.9 Å². The normalized spacial score (nSPS) is 21.8. The van der Waals surface area contributed by atoms with Gasteiger partial charge in [0.05, 0.1) is 2.74 Å². The lowest BCUT2D eigenvalue weighted by Gasteiger charge is -2.23. The number of para-hydroxylation sites is 1. The summed E-state index contributed by atoms with van der Waals surface area (Å²) < 4.78 is 42.2. The lowest BCUT2D eigenvalue weighted by molar-refractivity contribution is 0.0888. The zero-order chi connectivity index (χ0) is 19.5. The number of aryl methyl sites for hydroxylation is 2. The van der Waals surface area contributed by atoms with Crippen molar-refractivity contribution in [1.82, 2.24) is 14.1 Å². The zero-order valence-corrected chi connectivity index (χ0v) is 12.3. The van der Waals surface area contributed by atoms with Gasteiger partial charge >= 0.3 is 0 Å². The summed E-state index contributed by atoms with van der Waals surface area (Å²) >= 11 is 0. The molecular weight excluding hydrogens is 274 g/mol. The van der Waals surface area contributed by atoms with Gasteiger partial charge in [0.15, 0.2) is 5.78 Å². The summed E-state index contributed by atoms with van der Waals surface area (Å²) in [7, 11) is 0. The van der Waals surface area contributed by atoms with Gasteiger partial charge in [0.1, 0.15) is 5.82 Å². The SMILES string of the molecule is [2H]c1nc(C)n(CC2CCc3c(c4ccccc4n3C([2H])([2H])[2H])C2=O)c1[2H]. The highest BCUT2D eigenvalue weighted by molar-refractivity contribution is 6.11. The van der Waals surface area contributed by atoms with E-state index in [0.29, 0.717) is 40.8 Å². The number of hydrogen-bond acceptors (Lipinski definition) is 2. The van der Waals surface area contributed by atoms with Gasteiger partial charge in [-0.15, -0.1) is 0 Å². The minimum absolute atomic E-state index is 0.00369. The van der Waals surface area contributed by atoms with Crippen LogP contribution in [0.4, 0.5) is 0 Å². The molecule has 3 aromatic rings. The van der Waals surface area contributed by atoms with Crippen molar-refractivity contribution in [3.63, 3.8) is 0 Å². The smallest absolute Gasteiger partial charge is 0.170 e. The molecule has 1 unspecified atom stereocenters. The molecule has 1 aliphatic rings. The van der Waals surface area contributed by atoms with Crippen molar-refractivity contribution in [3.05, 3.63) is 53.7 Å². The maximum Gasteiger partial charge on any atom is 0.170 e. The first-order valence-corrected chi connectivity index (χ1v) is 7.37. The predicted octanol–water partition coefficient (Wildman–Crippen LogP) is 3.13. The van der Waals surface area contributed by atoms with Crippen molar-refractivity contribution >= 4 is 16.7 Å². The van der Waals surface area contributed by atoms with Gasteiger partial charge in [-0.3, -0.25) is 4.79 Å². The number of ketones is 1. The summed E-state index contributed by atoms with van der Waals surface area (Å²) in [6, 6.07) is 7.10. The number of rotatable bonds is 2. The van der Waals surface area contributed by atoms with Gasteiger partial charge < -0.3 is 9.13 Å². The van der Waals surface area contributed by atoms with Gasteiger partial charge in [-0.25, -0.2) is 4.98 Å². The van der Waals surface area contributed by atoms with Gasteiger partial charge in [0.25, 0.3) is 0 Å². The molecule has 4 rings (SSSR count). The van der Waals surface area contributed by atoms with E-state index >= 15 is 0 Å². The Morgan fingerprint density at radius 3 is 3.09 bits per heavy atom. The minimum Gasteiger partial charge on any atom is -0.347 e. The van der Waals surface area contributed by atoms with Crippen LogP contribution in [-0.4, -0.2) is 19.9 Å². The van der Waals surface area contributed by atoms with E-state index in [-0.39, 0.29) is 30.6 Å². The minimum atomic E-state index is -2.35. The number of benzene rings is 1. The van der Waals surface area contributed by atoms with Crippen LogP contribution in [0.1, 0.15) is 35.2 Å². The maximum atomic E-state index is 13.3. The van der Waals surface area contributed by atoms with Crippen molar-refractivity contribution < 1.29 is 11.6 Å². The zero-order valence-electron chi connectivity index (χ0n) is 17.3. The molecule has 1 aromatic carbocycles. The molecular formula is C18H19N3O. The number of hydrogen-bond donors (Lipinski definition) is 0. The largest absolute Gasteiger partial charge is 0.347 e. The van der Waals surface area contributed by atoms with Crippen LogP contribution in [0, 0.1) is 12.8 Å². The highest BCUT2D eigenvalue weighted by atomic mass is 16.1. The third kappa shape index (κ3) is 1.83. The lowest BCUT2D eigenvalue weighted by atomic mass is 9.85. The van der Waals surface area contributed by atoms with Crippen molar-refractivity contribution in [2.75, 3.05) is 0 Å². The molecule has 22 heavy (non-hydrogen) atoms. The highest BCUT2D eigenvalue weighted by Crippen LogP contribution is 2.34. The van der Waals surface area contributed by atoms with Crippen LogP contribution in [0.15, 0.2) is 36.6 Å². The van der Waals surface area contributed by atoms with Crippen molar-refractivity contribution in [2.45, 2.75) is 26.3 Å². The van der Waals surface area contributed by atoms with Gasteiger partial charge in [-0.1, -0.05) is 18.2 Å². The Bertz CT molecular complexity index is 1060. The average molecular weight is 298 g/mol. The second-order valence-corrected chi connectivity index (χ2v) is 5.77. The van der Waals surface area contributed by atoms with E-state index in [1.807, 2.05) is 0 Å². The van der Waals surface area contributed by atoms with Crippen LogP contribution in [0.3, 0.4) is 0 Å². The molecule has 0 amide bonds. The Kier molecular flexibility index (Phi) is 1.96. The molecule has 0 bridgehead atoms. The molecule has 1 atom stereocenters. The maximum absolute atomic E-state index is 13.3. The first-order valence-electron chi connectivity index (χ1n) is 9.87. The Morgan fingerprint density at radius 1 is 1.45 bits per heavy atom. The van der Waals surface area contributed by atoms with Crippen molar-refractivity contribution in [2.24, 2.45) is 12.9 Å². The lowest BCUT2D eigenvalue weighted by Crippen LogP contribution is -2.27. The number of Topliss-reactive ketones (excluding diaryl/α,β-unsaturated/α-hetero) is 1. The van der Waals surface area contributed by atoms with E-state index in [0.717, 1.165) is 0 Å². The van der Waals surface area contributed by atoms with Crippen molar-refractivity contribution in [1.29, 1.82) is 0 Å². The molecule has 0 aliphatic heterocycles. The summed E-state index contributed by atoms with van der Waals surface area (Å²) in [5.41, 5.74) is 1.59. The molecule has 4 heteroatoms. The Balaban J connectivity index is 1.81. The third-order valence-corrected chi connectivity index (χ3v) is 4.52. The van der Waals surface area contributed by atoms with Crippen LogP contribution in [0.5, 0.6) is 0 Å².